The quantitative estimate of drug-likeness (QED) is 0.843. The molecule has 1 fully saturated rings. The summed E-state index contributed by atoms with van der Waals surface area (Å²) >= 11 is 0. The molecule has 1 aliphatic rings. The zero-order valence-electron chi connectivity index (χ0n) is 14.0. The van der Waals surface area contributed by atoms with E-state index in [2.05, 4.69) is 15.5 Å². The number of carbonyl (C=O) groups excluding carboxylic acids is 1. The van der Waals surface area contributed by atoms with Crippen LogP contribution in [0.25, 0.3) is 0 Å². The van der Waals surface area contributed by atoms with Crippen molar-refractivity contribution < 1.29 is 13.7 Å². The van der Waals surface area contributed by atoms with Crippen molar-refractivity contribution in [3.05, 3.63) is 47.4 Å². The van der Waals surface area contributed by atoms with E-state index in [1.54, 1.807) is 18.2 Å². The molecule has 1 heterocycles. The molecule has 1 aromatic heterocycles. The number of benzene rings is 1. The van der Waals surface area contributed by atoms with Gasteiger partial charge >= 0.3 is 0 Å². The molecule has 0 radical (unpaired) electrons. The van der Waals surface area contributed by atoms with Crippen LogP contribution in [0, 0.1) is 11.7 Å². The van der Waals surface area contributed by atoms with Crippen LogP contribution in [-0.4, -0.2) is 16.0 Å². The predicted octanol–water partition coefficient (Wildman–Crippen LogP) is 3.53. The Morgan fingerprint density at radius 2 is 2.12 bits per heavy atom. The van der Waals surface area contributed by atoms with Gasteiger partial charge in [0.1, 0.15) is 11.9 Å². The Morgan fingerprint density at radius 1 is 1.38 bits per heavy atom. The topological polar surface area (TPSA) is 68.0 Å². The number of carbonyl (C=O) groups is 1. The molecule has 5 nitrogen and oxygen atoms in total. The van der Waals surface area contributed by atoms with Crippen LogP contribution in [0.2, 0.25) is 0 Å². The number of rotatable bonds is 7. The molecule has 0 saturated heterocycles. The van der Waals surface area contributed by atoms with Gasteiger partial charge in [0.2, 0.25) is 11.8 Å². The van der Waals surface area contributed by atoms with Gasteiger partial charge in [-0.25, -0.2) is 4.39 Å². The van der Waals surface area contributed by atoms with Gasteiger partial charge in [0.05, 0.1) is 0 Å². The second-order valence-electron chi connectivity index (χ2n) is 6.65. The summed E-state index contributed by atoms with van der Waals surface area (Å²) in [5.41, 5.74) is 0.544. The Labute approximate surface area is 140 Å². The summed E-state index contributed by atoms with van der Waals surface area (Å²) < 4.78 is 19.0. The predicted molar refractivity (Wildman–Crippen MR) is 86.7 cm³/mol. The molecule has 1 amide bonds. The third-order valence-electron chi connectivity index (χ3n) is 4.23. The molecule has 3 rings (SSSR count). The molecule has 2 aromatic rings. The number of nitrogens with one attached hydrogen (secondary N) is 1. The summed E-state index contributed by atoms with van der Waals surface area (Å²) in [5, 5.41) is 6.94. The van der Waals surface area contributed by atoms with Crippen molar-refractivity contribution in [2.45, 2.75) is 51.5 Å². The first-order valence-electron chi connectivity index (χ1n) is 8.41. The molecule has 1 aromatic carbocycles. The van der Waals surface area contributed by atoms with Crippen molar-refractivity contribution in [2.24, 2.45) is 5.92 Å². The molecule has 1 N–H and O–H groups in total. The molecular formula is C18H22FN3O2. The van der Waals surface area contributed by atoms with Crippen molar-refractivity contribution >= 4 is 5.91 Å². The number of amides is 1. The van der Waals surface area contributed by atoms with E-state index in [0.29, 0.717) is 23.8 Å². The first-order chi connectivity index (χ1) is 11.5. The van der Waals surface area contributed by atoms with Crippen LogP contribution in [0.3, 0.4) is 0 Å². The average molecular weight is 331 g/mol. The Morgan fingerprint density at radius 3 is 2.79 bits per heavy atom. The van der Waals surface area contributed by atoms with E-state index >= 15 is 0 Å². The van der Waals surface area contributed by atoms with E-state index in [9.17, 15) is 9.18 Å². The summed E-state index contributed by atoms with van der Waals surface area (Å²) in [6, 6.07) is 6.19. The van der Waals surface area contributed by atoms with Gasteiger partial charge in [0.15, 0.2) is 5.82 Å². The van der Waals surface area contributed by atoms with Crippen LogP contribution in [0.5, 0.6) is 0 Å². The lowest BCUT2D eigenvalue weighted by Gasteiger charge is -2.18. The summed E-state index contributed by atoms with van der Waals surface area (Å²) in [6.07, 6.45) is 2.77. The molecule has 6 heteroatoms. The van der Waals surface area contributed by atoms with Gasteiger partial charge in [0, 0.05) is 12.3 Å². The lowest BCUT2D eigenvalue weighted by molar-refractivity contribution is -0.122. The molecule has 24 heavy (non-hydrogen) atoms. The minimum atomic E-state index is -0.321. The minimum absolute atomic E-state index is 0.120. The van der Waals surface area contributed by atoms with Gasteiger partial charge in [-0.1, -0.05) is 37.2 Å². The Kier molecular flexibility index (Phi) is 4.92. The fraction of sp³-hybridized carbons (Fsp3) is 0.500. The van der Waals surface area contributed by atoms with Crippen LogP contribution in [0.15, 0.2) is 28.8 Å². The van der Waals surface area contributed by atoms with Gasteiger partial charge in [-0.2, -0.15) is 4.98 Å². The molecule has 0 bridgehead atoms. The van der Waals surface area contributed by atoms with Crippen LogP contribution < -0.4 is 5.32 Å². The minimum Gasteiger partial charge on any atom is -0.344 e. The molecule has 0 aliphatic heterocycles. The van der Waals surface area contributed by atoms with E-state index in [1.165, 1.54) is 6.07 Å². The maximum Gasteiger partial charge on any atom is 0.249 e. The standard InChI is InChI=1S/C18H22FN3O2/c1-11(2)16(18-21-17(22-24-18)13-7-8-13)20-15(23)10-9-12-5-3-4-6-14(12)19/h3-6,11,13,16H,7-10H2,1-2H3,(H,20,23). The third kappa shape index (κ3) is 3.99. The van der Waals surface area contributed by atoms with Gasteiger partial charge in [-0.3, -0.25) is 4.79 Å². The second-order valence-corrected chi connectivity index (χ2v) is 6.65. The maximum absolute atomic E-state index is 13.6. The lowest BCUT2D eigenvalue weighted by atomic mass is 10.0. The molecule has 1 atom stereocenters. The maximum atomic E-state index is 13.6. The zero-order valence-corrected chi connectivity index (χ0v) is 14.0. The van der Waals surface area contributed by atoms with E-state index in [0.717, 1.165) is 18.7 Å². The first kappa shape index (κ1) is 16.6. The highest BCUT2D eigenvalue weighted by atomic mass is 19.1. The zero-order chi connectivity index (χ0) is 17.1. The van der Waals surface area contributed by atoms with Crippen molar-refractivity contribution in [1.29, 1.82) is 0 Å². The SMILES string of the molecule is CC(C)C(NC(=O)CCc1ccccc1F)c1nc(C2CC2)no1. The highest BCUT2D eigenvalue weighted by Crippen LogP contribution is 2.38. The Balaban J connectivity index is 1.60. The molecule has 0 spiro atoms. The van der Waals surface area contributed by atoms with Crippen molar-refractivity contribution in [1.82, 2.24) is 15.5 Å². The number of hydrogen-bond acceptors (Lipinski definition) is 4. The number of hydrogen-bond donors (Lipinski definition) is 1. The molecule has 1 aliphatic carbocycles. The molecule has 1 saturated carbocycles. The fourth-order valence-corrected chi connectivity index (χ4v) is 2.59. The number of nitrogens with zero attached hydrogens (tertiary/aromatic N) is 2. The number of aryl methyl sites for hydroxylation is 1. The molecular weight excluding hydrogens is 309 g/mol. The number of aromatic nitrogens is 2. The van der Waals surface area contributed by atoms with Gasteiger partial charge in [-0.15, -0.1) is 0 Å². The Hall–Kier alpha value is -2.24. The van der Waals surface area contributed by atoms with Gasteiger partial charge in [-0.05, 0) is 36.8 Å². The third-order valence-corrected chi connectivity index (χ3v) is 4.23. The normalized spacial score (nSPS) is 15.5. The molecule has 1 unspecified atom stereocenters. The lowest BCUT2D eigenvalue weighted by Crippen LogP contribution is -2.32. The smallest absolute Gasteiger partial charge is 0.249 e. The monoisotopic (exact) mass is 331 g/mol. The van der Waals surface area contributed by atoms with E-state index < -0.39 is 0 Å². The molecule has 128 valence electrons. The largest absolute Gasteiger partial charge is 0.344 e. The highest BCUT2D eigenvalue weighted by molar-refractivity contribution is 5.76. The highest BCUT2D eigenvalue weighted by Gasteiger charge is 2.31. The first-order valence-corrected chi connectivity index (χ1v) is 8.41. The van der Waals surface area contributed by atoms with Crippen molar-refractivity contribution in [3.63, 3.8) is 0 Å². The summed E-state index contributed by atoms with van der Waals surface area (Å²) in [5.74, 6) is 1.28. The summed E-state index contributed by atoms with van der Waals surface area (Å²) in [6.45, 7) is 3.98. The van der Waals surface area contributed by atoms with E-state index in [1.807, 2.05) is 13.8 Å². The van der Waals surface area contributed by atoms with Gasteiger partial charge < -0.3 is 9.84 Å². The fourth-order valence-electron chi connectivity index (χ4n) is 2.59. The van der Waals surface area contributed by atoms with Gasteiger partial charge in [0.25, 0.3) is 0 Å². The van der Waals surface area contributed by atoms with E-state index in [4.69, 9.17) is 4.52 Å². The van der Waals surface area contributed by atoms with Crippen molar-refractivity contribution in [3.8, 4) is 0 Å². The Bertz CT molecular complexity index is 710. The summed E-state index contributed by atoms with van der Waals surface area (Å²) in [4.78, 5) is 16.7. The summed E-state index contributed by atoms with van der Waals surface area (Å²) in [7, 11) is 0. The van der Waals surface area contributed by atoms with Crippen molar-refractivity contribution in [2.75, 3.05) is 0 Å². The van der Waals surface area contributed by atoms with Crippen LogP contribution in [-0.2, 0) is 11.2 Å². The number of halogens is 1. The average Bonchev–Trinajstić information content (AvgIpc) is 3.29. The second kappa shape index (κ2) is 7.11. The van der Waals surface area contributed by atoms with Crippen LogP contribution in [0.4, 0.5) is 4.39 Å². The van der Waals surface area contributed by atoms with E-state index in [-0.39, 0.29) is 30.1 Å². The van der Waals surface area contributed by atoms with Crippen LogP contribution >= 0.6 is 0 Å². The van der Waals surface area contributed by atoms with Crippen LogP contribution in [0.1, 0.15) is 62.3 Å².